The van der Waals surface area contributed by atoms with E-state index >= 15 is 0 Å². The number of rotatable bonds is 4. The van der Waals surface area contributed by atoms with E-state index in [0.29, 0.717) is 11.5 Å². The number of nitrogens with two attached hydrogens (primary N) is 1. The molecule has 0 heterocycles. The van der Waals surface area contributed by atoms with Gasteiger partial charge in [0.15, 0.2) is 0 Å². The summed E-state index contributed by atoms with van der Waals surface area (Å²) >= 11 is 0. The smallest absolute Gasteiger partial charge is 0.126 e. The Kier molecular flexibility index (Phi) is 4.11. The molecular formula is C15H23FN2O. The Morgan fingerprint density at radius 3 is 2.63 bits per heavy atom. The maximum atomic E-state index is 13.7. The highest BCUT2D eigenvalue weighted by molar-refractivity contribution is 5.56. The van der Waals surface area contributed by atoms with Gasteiger partial charge in [-0.25, -0.2) is 4.39 Å². The van der Waals surface area contributed by atoms with Crippen molar-refractivity contribution in [1.82, 2.24) is 0 Å². The number of halogens is 1. The molecule has 0 bridgehead atoms. The first-order valence-corrected chi connectivity index (χ1v) is 6.83. The fraction of sp³-hybridized carbons (Fsp3) is 0.600. The molecule has 1 aliphatic rings. The summed E-state index contributed by atoms with van der Waals surface area (Å²) in [5.74, 6) is 0.315. The number of aliphatic hydroxyl groups is 1. The monoisotopic (exact) mass is 266 g/mol. The van der Waals surface area contributed by atoms with Gasteiger partial charge in [-0.2, -0.15) is 0 Å². The van der Waals surface area contributed by atoms with Crippen molar-refractivity contribution < 1.29 is 9.50 Å². The van der Waals surface area contributed by atoms with Crippen LogP contribution in [0.5, 0.6) is 0 Å². The zero-order chi connectivity index (χ0) is 14.2. The molecule has 19 heavy (non-hydrogen) atoms. The summed E-state index contributed by atoms with van der Waals surface area (Å²) in [6.45, 7) is 4.52. The van der Waals surface area contributed by atoms with Crippen molar-refractivity contribution in [3.63, 3.8) is 0 Å². The second kappa shape index (κ2) is 5.47. The zero-order valence-electron chi connectivity index (χ0n) is 11.9. The van der Waals surface area contributed by atoms with Gasteiger partial charge < -0.3 is 15.7 Å². The number of benzene rings is 1. The van der Waals surface area contributed by atoms with Crippen LogP contribution >= 0.6 is 0 Å². The molecule has 1 aromatic rings. The lowest BCUT2D eigenvalue weighted by atomic mass is 9.82. The Morgan fingerprint density at radius 1 is 1.47 bits per heavy atom. The van der Waals surface area contributed by atoms with Gasteiger partial charge in [-0.05, 0) is 55.9 Å². The van der Waals surface area contributed by atoms with Gasteiger partial charge >= 0.3 is 0 Å². The second-order valence-electron chi connectivity index (χ2n) is 5.82. The summed E-state index contributed by atoms with van der Waals surface area (Å²) < 4.78 is 13.7. The summed E-state index contributed by atoms with van der Waals surface area (Å²) in [4.78, 5) is 2.13. The average Bonchev–Trinajstić information content (AvgIpc) is 2.29. The first kappa shape index (κ1) is 14.3. The van der Waals surface area contributed by atoms with Crippen LogP contribution in [0, 0.1) is 18.7 Å². The van der Waals surface area contributed by atoms with Crippen LogP contribution < -0.4 is 10.6 Å². The molecule has 0 aliphatic heterocycles. The molecule has 1 aliphatic carbocycles. The molecule has 1 fully saturated rings. The molecule has 0 amide bonds. The number of hydrogen-bond donors (Lipinski definition) is 2. The molecule has 0 aromatic heterocycles. The van der Waals surface area contributed by atoms with Crippen LogP contribution in [0.25, 0.3) is 0 Å². The van der Waals surface area contributed by atoms with Crippen LogP contribution in [0.15, 0.2) is 12.1 Å². The Labute approximate surface area is 114 Å². The maximum Gasteiger partial charge on any atom is 0.126 e. The molecule has 0 saturated heterocycles. The second-order valence-corrected chi connectivity index (χ2v) is 5.82. The van der Waals surface area contributed by atoms with E-state index in [0.717, 1.165) is 30.6 Å². The summed E-state index contributed by atoms with van der Waals surface area (Å²) in [6.07, 6.45) is 1.58. The Morgan fingerprint density at radius 2 is 2.11 bits per heavy atom. The van der Waals surface area contributed by atoms with Crippen molar-refractivity contribution in [1.29, 1.82) is 0 Å². The van der Waals surface area contributed by atoms with Crippen molar-refractivity contribution in [2.75, 3.05) is 18.5 Å². The molecule has 0 radical (unpaired) electrons. The lowest BCUT2D eigenvalue weighted by molar-refractivity contribution is 0.0464. The van der Waals surface area contributed by atoms with Gasteiger partial charge in [-0.3, -0.25) is 0 Å². The van der Waals surface area contributed by atoms with Crippen molar-refractivity contribution in [2.24, 2.45) is 11.7 Å². The maximum absolute atomic E-state index is 13.7. The van der Waals surface area contributed by atoms with Gasteiger partial charge in [0.05, 0.1) is 6.10 Å². The van der Waals surface area contributed by atoms with Gasteiger partial charge in [-0.15, -0.1) is 0 Å². The molecule has 3 N–H and O–H groups in total. The van der Waals surface area contributed by atoms with E-state index in [-0.39, 0.29) is 18.0 Å². The first-order valence-electron chi connectivity index (χ1n) is 6.83. The van der Waals surface area contributed by atoms with Crippen LogP contribution in [-0.2, 0) is 0 Å². The fourth-order valence-corrected chi connectivity index (χ4v) is 2.71. The summed E-state index contributed by atoms with van der Waals surface area (Å²) in [5.41, 5.74) is 8.41. The number of anilines is 1. The Hall–Kier alpha value is -1.13. The van der Waals surface area contributed by atoms with Gasteiger partial charge in [0.2, 0.25) is 0 Å². The molecule has 2 rings (SSSR count). The van der Waals surface area contributed by atoms with E-state index in [1.165, 1.54) is 0 Å². The number of aliphatic hydroxyl groups excluding tert-OH is 1. The molecule has 1 atom stereocenters. The van der Waals surface area contributed by atoms with E-state index in [2.05, 4.69) is 4.90 Å². The normalized spacial score (nSPS) is 23.9. The topological polar surface area (TPSA) is 49.5 Å². The van der Waals surface area contributed by atoms with Crippen LogP contribution in [0.3, 0.4) is 0 Å². The minimum atomic E-state index is -0.205. The first-order chi connectivity index (χ1) is 8.88. The SMILES string of the molecule is Cc1cc(N(C)CC2CC(O)C2)c(C(C)N)cc1F. The highest BCUT2D eigenvalue weighted by Crippen LogP contribution is 2.32. The van der Waals surface area contributed by atoms with Crippen LogP contribution in [0.2, 0.25) is 0 Å². The summed E-state index contributed by atoms with van der Waals surface area (Å²) in [5, 5.41) is 9.34. The molecule has 4 heteroatoms. The molecule has 1 aromatic carbocycles. The Balaban J connectivity index is 2.19. The molecule has 0 spiro atoms. The minimum absolute atomic E-state index is 0.138. The largest absolute Gasteiger partial charge is 0.393 e. The fourth-order valence-electron chi connectivity index (χ4n) is 2.71. The summed E-state index contributed by atoms with van der Waals surface area (Å²) in [6, 6.07) is 3.21. The van der Waals surface area contributed by atoms with E-state index in [1.807, 2.05) is 20.0 Å². The van der Waals surface area contributed by atoms with E-state index in [1.54, 1.807) is 13.0 Å². The van der Waals surface area contributed by atoms with Crippen molar-refractivity contribution in [3.8, 4) is 0 Å². The molecule has 1 unspecified atom stereocenters. The third-order valence-corrected chi connectivity index (χ3v) is 3.95. The van der Waals surface area contributed by atoms with E-state index in [4.69, 9.17) is 5.73 Å². The third-order valence-electron chi connectivity index (χ3n) is 3.95. The van der Waals surface area contributed by atoms with Crippen molar-refractivity contribution in [2.45, 2.75) is 38.8 Å². The predicted octanol–water partition coefficient (Wildman–Crippen LogP) is 2.36. The quantitative estimate of drug-likeness (QED) is 0.879. The number of nitrogens with zero attached hydrogens (tertiary/aromatic N) is 1. The summed E-state index contributed by atoms with van der Waals surface area (Å²) in [7, 11) is 2.00. The van der Waals surface area contributed by atoms with Gasteiger partial charge in [0.25, 0.3) is 0 Å². The highest BCUT2D eigenvalue weighted by atomic mass is 19.1. The predicted molar refractivity (Wildman–Crippen MR) is 75.7 cm³/mol. The zero-order valence-corrected chi connectivity index (χ0v) is 11.9. The molecule has 3 nitrogen and oxygen atoms in total. The number of hydrogen-bond acceptors (Lipinski definition) is 3. The van der Waals surface area contributed by atoms with E-state index in [9.17, 15) is 9.50 Å². The molecule has 106 valence electrons. The lowest BCUT2D eigenvalue weighted by Gasteiger charge is -2.36. The van der Waals surface area contributed by atoms with Gasteiger partial charge in [-0.1, -0.05) is 0 Å². The minimum Gasteiger partial charge on any atom is -0.393 e. The van der Waals surface area contributed by atoms with Crippen LogP contribution in [0.4, 0.5) is 10.1 Å². The Bertz CT molecular complexity index is 456. The average molecular weight is 266 g/mol. The van der Waals surface area contributed by atoms with E-state index < -0.39 is 0 Å². The highest BCUT2D eigenvalue weighted by Gasteiger charge is 2.28. The number of aryl methyl sites for hydroxylation is 1. The van der Waals surface area contributed by atoms with Crippen LogP contribution in [-0.4, -0.2) is 24.8 Å². The lowest BCUT2D eigenvalue weighted by Crippen LogP contribution is -2.37. The standard InChI is InChI=1S/C15H23FN2O/c1-9-4-15(13(10(2)17)7-14(9)16)18(3)8-11-5-12(19)6-11/h4,7,10-12,19H,5-6,8,17H2,1-3H3. The third kappa shape index (κ3) is 3.07. The van der Waals surface area contributed by atoms with Crippen LogP contribution in [0.1, 0.15) is 36.9 Å². The van der Waals surface area contributed by atoms with Crippen molar-refractivity contribution >= 4 is 5.69 Å². The van der Waals surface area contributed by atoms with Crippen molar-refractivity contribution in [3.05, 3.63) is 29.1 Å². The molecule has 1 saturated carbocycles. The van der Waals surface area contributed by atoms with Gasteiger partial charge in [0, 0.05) is 25.3 Å². The van der Waals surface area contributed by atoms with Gasteiger partial charge in [0.1, 0.15) is 5.82 Å². The molecular weight excluding hydrogens is 243 g/mol.